The Balaban J connectivity index is 1.53. The number of carbonyl (C=O) groups excluding carboxylic acids is 2. The van der Waals surface area contributed by atoms with Gasteiger partial charge in [0, 0.05) is 54.1 Å². The monoisotopic (exact) mass is 356 g/mol. The van der Waals surface area contributed by atoms with E-state index in [9.17, 15) is 14.7 Å². The van der Waals surface area contributed by atoms with E-state index in [1.54, 1.807) is 18.5 Å². The molecule has 1 N–H and O–H groups in total. The molecule has 0 bridgehead atoms. The number of hydrogen-bond acceptors (Lipinski definition) is 6. The third-order valence-electron chi connectivity index (χ3n) is 4.21. The highest BCUT2D eigenvalue weighted by molar-refractivity contribution is 7.13. The van der Waals surface area contributed by atoms with E-state index in [1.165, 1.54) is 11.3 Å². The highest BCUT2D eigenvalue weighted by Crippen LogP contribution is 2.25. The van der Waals surface area contributed by atoms with Crippen LogP contribution < -0.4 is 10.4 Å². The molecule has 6 nitrogen and oxygen atoms in total. The van der Waals surface area contributed by atoms with Crippen LogP contribution in [0.3, 0.4) is 0 Å². The molecule has 2 atom stereocenters. The molecule has 0 saturated heterocycles. The number of amides is 1. The van der Waals surface area contributed by atoms with Crippen molar-refractivity contribution in [1.29, 1.82) is 0 Å². The van der Waals surface area contributed by atoms with Crippen molar-refractivity contribution in [1.82, 2.24) is 15.3 Å². The number of hydrogen-bond donors (Lipinski definition) is 1. The van der Waals surface area contributed by atoms with Gasteiger partial charge >= 0.3 is 0 Å². The zero-order chi connectivity index (χ0) is 17.6. The molecule has 0 spiro atoms. The van der Waals surface area contributed by atoms with Crippen LogP contribution in [0.1, 0.15) is 18.5 Å². The van der Waals surface area contributed by atoms with Crippen LogP contribution in [0, 0.1) is 11.8 Å². The molecule has 0 unspecified atom stereocenters. The second-order valence-electron chi connectivity index (χ2n) is 5.90. The van der Waals surface area contributed by atoms with Crippen molar-refractivity contribution in [3.05, 3.63) is 47.8 Å². The Labute approximate surface area is 149 Å². The van der Waals surface area contributed by atoms with Crippen molar-refractivity contribution in [3.63, 3.8) is 0 Å². The third kappa shape index (κ3) is 4.30. The SMILES string of the molecule is O=C([O-])[C@@H]1CC=CC[C@H]1C(=O)NCCc1csc(-c2cccnc2)n1. The molecular weight excluding hydrogens is 338 g/mol. The number of thiazole rings is 1. The second-order valence-corrected chi connectivity index (χ2v) is 6.76. The molecular formula is C18H18N3O3S-. The summed E-state index contributed by atoms with van der Waals surface area (Å²) in [6, 6.07) is 3.82. The first-order chi connectivity index (χ1) is 12.1. The summed E-state index contributed by atoms with van der Waals surface area (Å²) in [6.07, 6.45) is 8.51. The number of carboxylic acids is 1. The topological polar surface area (TPSA) is 95.0 Å². The minimum Gasteiger partial charge on any atom is -0.550 e. The average molecular weight is 356 g/mol. The molecule has 1 aliphatic carbocycles. The lowest BCUT2D eigenvalue weighted by Gasteiger charge is -2.28. The van der Waals surface area contributed by atoms with Crippen LogP contribution in [0.25, 0.3) is 10.6 Å². The number of allylic oxidation sites excluding steroid dienone is 2. The molecule has 7 heteroatoms. The molecule has 0 aromatic carbocycles. The number of aliphatic carboxylic acids is 1. The smallest absolute Gasteiger partial charge is 0.224 e. The quantitative estimate of drug-likeness (QED) is 0.785. The molecule has 0 aliphatic heterocycles. The summed E-state index contributed by atoms with van der Waals surface area (Å²) < 4.78 is 0. The van der Waals surface area contributed by atoms with Crippen LogP contribution in [-0.4, -0.2) is 28.4 Å². The zero-order valence-corrected chi connectivity index (χ0v) is 14.4. The van der Waals surface area contributed by atoms with Gasteiger partial charge in [0.15, 0.2) is 0 Å². The Kier molecular flexibility index (Phi) is 5.55. The molecule has 2 aromatic rings. The largest absolute Gasteiger partial charge is 0.550 e. The van der Waals surface area contributed by atoms with Crippen LogP contribution in [0.5, 0.6) is 0 Å². The Hall–Kier alpha value is -2.54. The maximum Gasteiger partial charge on any atom is 0.224 e. The summed E-state index contributed by atoms with van der Waals surface area (Å²) in [7, 11) is 0. The molecule has 130 valence electrons. The van der Waals surface area contributed by atoms with Crippen LogP contribution in [0.4, 0.5) is 0 Å². The average Bonchev–Trinajstić information content (AvgIpc) is 3.11. The van der Waals surface area contributed by atoms with Gasteiger partial charge in [0.05, 0.1) is 5.69 Å². The first kappa shape index (κ1) is 17.3. The van der Waals surface area contributed by atoms with Gasteiger partial charge in [-0.05, 0) is 25.0 Å². The van der Waals surface area contributed by atoms with Gasteiger partial charge in [-0.15, -0.1) is 11.3 Å². The van der Waals surface area contributed by atoms with Crippen LogP contribution >= 0.6 is 11.3 Å². The van der Waals surface area contributed by atoms with Crippen LogP contribution in [0.15, 0.2) is 42.1 Å². The highest BCUT2D eigenvalue weighted by atomic mass is 32.1. The molecule has 2 heterocycles. The fraction of sp³-hybridized carbons (Fsp3) is 0.333. The molecule has 0 radical (unpaired) electrons. The maximum atomic E-state index is 12.3. The second kappa shape index (κ2) is 8.02. The summed E-state index contributed by atoms with van der Waals surface area (Å²) in [5.41, 5.74) is 1.86. The van der Waals surface area contributed by atoms with E-state index in [2.05, 4.69) is 15.3 Å². The molecule has 0 saturated carbocycles. The van der Waals surface area contributed by atoms with Gasteiger partial charge in [-0.3, -0.25) is 9.78 Å². The van der Waals surface area contributed by atoms with Gasteiger partial charge in [0.1, 0.15) is 5.01 Å². The summed E-state index contributed by atoms with van der Waals surface area (Å²) >= 11 is 1.53. The number of carboxylic acid groups (broad SMARTS) is 1. The van der Waals surface area contributed by atoms with Crippen molar-refractivity contribution in [2.45, 2.75) is 19.3 Å². The zero-order valence-electron chi connectivity index (χ0n) is 13.6. The van der Waals surface area contributed by atoms with Crippen molar-refractivity contribution >= 4 is 23.2 Å². The predicted molar refractivity (Wildman–Crippen MR) is 92.4 cm³/mol. The molecule has 0 fully saturated rings. The Bertz CT molecular complexity index is 773. The summed E-state index contributed by atoms with van der Waals surface area (Å²) in [5.74, 6) is -2.70. The van der Waals surface area contributed by atoms with Crippen molar-refractivity contribution in [2.24, 2.45) is 11.8 Å². The normalized spacial score (nSPS) is 19.5. The fourth-order valence-corrected chi connectivity index (χ4v) is 3.70. The van der Waals surface area contributed by atoms with E-state index in [-0.39, 0.29) is 5.91 Å². The third-order valence-corrected chi connectivity index (χ3v) is 5.15. The van der Waals surface area contributed by atoms with E-state index in [4.69, 9.17) is 0 Å². The van der Waals surface area contributed by atoms with E-state index < -0.39 is 17.8 Å². The summed E-state index contributed by atoms with van der Waals surface area (Å²) in [4.78, 5) is 32.1. The molecule has 25 heavy (non-hydrogen) atoms. The van der Waals surface area contributed by atoms with E-state index >= 15 is 0 Å². The number of nitrogens with one attached hydrogen (secondary N) is 1. The van der Waals surface area contributed by atoms with Gasteiger partial charge in [-0.1, -0.05) is 12.2 Å². The lowest BCUT2D eigenvalue weighted by atomic mass is 9.82. The van der Waals surface area contributed by atoms with Gasteiger partial charge in [0.25, 0.3) is 0 Å². The molecule has 3 rings (SSSR count). The molecule has 1 aliphatic rings. The van der Waals surface area contributed by atoms with Gasteiger partial charge < -0.3 is 15.2 Å². The predicted octanol–water partition coefficient (Wildman–Crippen LogP) is 1.20. The number of rotatable bonds is 6. The maximum absolute atomic E-state index is 12.3. The Morgan fingerprint density at radius 3 is 2.80 bits per heavy atom. The first-order valence-electron chi connectivity index (χ1n) is 8.13. The van der Waals surface area contributed by atoms with Crippen molar-refractivity contribution in [3.8, 4) is 10.6 Å². The van der Waals surface area contributed by atoms with Crippen LogP contribution in [-0.2, 0) is 16.0 Å². The first-order valence-corrected chi connectivity index (χ1v) is 9.01. The van der Waals surface area contributed by atoms with Gasteiger partial charge in [-0.2, -0.15) is 0 Å². The van der Waals surface area contributed by atoms with E-state index in [0.717, 1.165) is 16.3 Å². The lowest BCUT2D eigenvalue weighted by Crippen LogP contribution is -2.44. The Morgan fingerprint density at radius 1 is 1.28 bits per heavy atom. The number of pyridine rings is 1. The molecule has 1 amide bonds. The minimum absolute atomic E-state index is 0.235. The van der Waals surface area contributed by atoms with Gasteiger partial charge in [0.2, 0.25) is 5.91 Å². The highest BCUT2D eigenvalue weighted by Gasteiger charge is 2.29. The van der Waals surface area contributed by atoms with Crippen molar-refractivity contribution < 1.29 is 14.7 Å². The number of carbonyl (C=O) groups is 2. The van der Waals surface area contributed by atoms with Crippen molar-refractivity contribution in [2.75, 3.05) is 6.54 Å². The number of aromatic nitrogens is 2. The minimum atomic E-state index is -1.16. The number of nitrogens with zero attached hydrogens (tertiary/aromatic N) is 2. The Morgan fingerprint density at radius 2 is 2.08 bits per heavy atom. The van der Waals surface area contributed by atoms with Crippen LogP contribution in [0.2, 0.25) is 0 Å². The van der Waals surface area contributed by atoms with E-state index in [0.29, 0.717) is 25.8 Å². The molecule has 2 aromatic heterocycles. The van der Waals surface area contributed by atoms with Gasteiger partial charge in [-0.25, -0.2) is 4.98 Å². The standard InChI is InChI=1S/C18H19N3O3S/c22-16(14-5-1-2-6-15(14)18(23)24)20-9-7-13-11-25-17(21-13)12-4-3-8-19-10-12/h1-4,8,10-11,14-15H,5-7,9H2,(H,20,22)(H,23,24)/p-1/t14-,15-/m1/s1. The lowest BCUT2D eigenvalue weighted by molar-refractivity contribution is -0.313. The fourth-order valence-electron chi connectivity index (χ4n) is 2.85. The summed E-state index contributed by atoms with van der Waals surface area (Å²) in [5, 5.41) is 16.8. The summed E-state index contributed by atoms with van der Waals surface area (Å²) in [6.45, 7) is 0.426. The van der Waals surface area contributed by atoms with E-state index in [1.807, 2.05) is 23.6 Å².